The highest BCUT2D eigenvalue weighted by Gasteiger charge is 2.18. The fourth-order valence-electron chi connectivity index (χ4n) is 2.34. The van der Waals surface area contributed by atoms with E-state index in [1.807, 2.05) is 20.8 Å². The molecule has 1 N–H and O–H groups in total. The molecule has 1 amide bonds. The van der Waals surface area contributed by atoms with E-state index < -0.39 is 0 Å². The number of pyridine rings is 1. The van der Waals surface area contributed by atoms with Crippen LogP contribution in [-0.4, -0.2) is 25.8 Å². The molecule has 0 fully saturated rings. The van der Waals surface area contributed by atoms with Gasteiger partial charge in [-0.1, -0.05) is 5.16 Å². The summed E-state index contributed by atoms with van der Waals surface area (Å²) in [5.41, 5.74) is 2.81. The second kappa shape index (κ2) is 5.01. The normalized spacial score (nSPS) is 11.0. The standard InChI is InChI=1S/C14H15N5O2/c1-4-19-13-12(9(3)17-19)10(7-8(2)15-13)14(20)16-11-5-6-21-18-11/h5-7H,4H2,1-3H3,(H,16,18,20). The van der Waals surface area contributed by atoms with E-state index >= 15 is 0 Å². The zero-order valence-corrected chi connectivity index (χ0v) is 12.0. The largest absolute Gasteiger partial charge is 0.363 e. The van der Waals surface area contributed by atoms with Gasteiger partial charge in [-0.3, -0.25) is 4.79 Å². The minimum atomic E-state index is -0.252. The number of rotatable bonds is 3. The van der Waals surface area contributed by atoms with E-state index in [0.717, 1.165) is 22.4 Å². The van der Waals surface area contributed by atoms with Gasteiger partial charge in [0.1, 0.15) is 6.26 Å². The molecule has 0 spiro atoms. The summed E-state index contributed by atoms with van der Waals surface area (Å²) < 4.78 is 6.51. The predicted molar refractivity (Wildman–Crippen MR) is 77.1 cm³/mol. The van der Waals surface area contributed by atoms with Crippen molar-refractivity contribution in [2.45, 2.75) is 27.3 Å². The maximum absolute atomic E-state index is 12.5. The van der Waals surface area contributed by atoms with E-state index in [4.69, 9.17) is 4.52 Å². The molecule has 3 rings (SSSR count). The van der Waals surface area contributed by atoms with Crippen LogP contribution in [0.4, 0.5) is 5.82 Å². The van der Waals surface area contributed by atoms with Crippen molar-refractivity contribution >= 4 is 22.8 Å². The molecule has 3 heterocycles. The minimum Gasteiger partial charge on any atom is -0.363 e. The highest BCUT2D eigenvalue weighted by atomic mass is 16.5. The van der Waals surface area contributed by atoms with Gasteiger partial charge in [-0.05, 0) is 26.8 Å². The predicted octanol–water partition coefficient (Wildman–Crippen LogP) is 2.31. The van der Waals surface area contributed by atoms with Crippen molar-refractivity contribution in [3.05, 3.63) is 35.3 Å². The second-order valence-corrected chi connectivity index (χ2v) is 4.75. The summed E-state index contributed by atoms with van der Waals surface area (Å²) in [6, 6.07) is 3.35. The Morgan fingerprint density at radius 2 is 2.24 bits per heavy atom. The van der Waals surface area contributed by atoms with Crippen molar-refractivity contribution < 1.29 is 9.32 Å². The number of anilines is 1. The van der Waals surface area contributed by atoms with Crippen LogP contribution >= 0.6 is 0 Å². The van der Waals surface area contributed by atoms with Crippen LogP contribution in [-0.2, 0) is 6.54 Å². The molecule has 0 unspecified atom stereocenters. The third-order valence-corrected chi connectivity index (χ3v) is 3.23. The van der Waals surface area contributed by atoms with Gasteiger partial charge in [0.05, 0.1) is 16.6 Å². The number of carbonyl (C=O) groups is 1. The lowest BCUT2D eigenvalue weighted by molar-refractivity contribution is 0.102. The lowest BCUT2D eigenvalue weighted by atomic mass is 10.1. The molecule has 0 aliphatic rings. The molecule has 0 aromatic carbocycles. The number of nitrogens with one attached hydrogen (secondary N) is 1. The molecule has 7 nitrogen and oxygen atoms in total. The average molecular weight is 285 g/mol. The first-order valence-corrected chi connectivity index (χ1v) is 6.66. The van der Waals surface area contributed by atoms with Gasteiger partial charge in [-0.2, -0.15) is 5.10 Å². The molecule has 0 saturated heterocycles. The third-order valence-electron chi connectivity index (χ3n) is 3.23. The zero-order valence-electron chi connectivity index (χ0n) is 12.0. The van der Waals surface area contributed by atoms with E-state index in [2.05, 4.69) is 20.6 Å². The molecule has 21 heavy (non-hydrogen) atoms. The number of hydrogen-bond donors (Lipinski definition) is 1. The Bertz CT molecular complexity index is 804. The Kier molecular flexibility index (Phi) is 3.17. The third kappa shape index (κ3) is 2.26. The molecular formula is C14H15N5O2. The first-order chi connectivity index (χ1) is 10.1. The van der Waals surface area contributed by atoms with Gasteiger partial charge in [0.25, 0.3) is 5.91 Å². The minimum absolute atomic E-state index is 0.252. The van der Waals surface area contributed by atoms with E-state index in [-0.39, 0.29) is 5.91 Å². The van der Waals surface area contributed by atoms with Gasteiger partial charge in [0.15, 0.2) is 11.5 Å². The van der Waals surface area contributed by atoms with Crippen molar-refractivity contribution in [1.29, 1.82) is 0 Å². The van der Waals surface area contributed by atoms with E-state index in [1.165, 1.54) is 6.26 Å². The Labute approximate surface area is 120 Å². The van der Waals surface area contributed by atoms with E-state index in [0.29, 0.717) is 17.9 Å². The lowest BCUT2D eigenvalue weighted by Crippen LogP contribution is -2.13. The first-order valence-electron chi connectivity index (χ1n) is 6.66. The fraction of sp³-hybridized carbons (Fsp3) is 0.286. The topological polar surface area (TPSA) is 85.8 Å². The van der Waals surface area contributed by atoms with Crippen molar-refractivity contribution in [3.63, 3.8) is 0 Å². The summed E-state index contributed by atoms with van der Waals surface area (Å²) in [5, 5.41) is 11.6. The lowest BCUT2D eigenvalue weighted by Gasteiger charge is -2.06. The molecule has 108 valence electrons. The van der Waals surface area contributed by atoms with Crippen LogP contribution in [0.3, 0.4) is 0 Å². The smallest absolute Gasteiger partial charge is 0.257 e. The van der Waals surface area contributed by atoms with Gasteiger partial charge in [-0.25, -0.2) is 9.67 Å². The summed E-state index contributed by atoms with van der Waals surface area (Å²) in [4.78, 5) is 17.0. The van der Waals surface area contributed by atoms with Crippen LogP contribution in [0.5, 0.6) is 0 Å². The van der Waals surface area contributed by atoms with Crippen molar-refractivity contribution in [2.24, 2.45) is 0 Å². The first kappa shape index (κ1) is 13.3. The van der Waals surface area contributed by atoms with Gasteiger partial charge in [0.2, 0.25) is 0 Å². The molecule has 0 saturated carbocycles. The zero-order chi connectivity index (χ0) is 15.0. The van der Waals surface area contributed by atoms with Crippen LogP contribution in [0.25, 0.3) is 11.0 Å². The van der Waals surface area contributed by atoms with Gasteiger partial charge < -0.3 is 9.84 Å². The van der Waals surface area contributed by atoms with Crippen molar-refractivity contribution in [2.75, 3.05) is 5.32 Å². The summed E-state index contributed by atoms with van der Waals surface area (Å²) in [6.07, 6.45) is 1.41. The highest BCUT2D eigenvalue weighted by molar-refractivity contribution is 6.12. The SMILES string of the molecule is CCn1nc(C)c2c(C(=O)Nc3ccon3)cc(C)nc21. The molecule has 0 aliphatic carbocycles. The fourth-order valence-corrected chi connectivity index (χ4v) is 2.34. The van der Waals surface area contributed by atoms with Crippen LogP contribution < -0.4 is 5.32 Å². The number of aromatic nitrogens is 4. The Morgan fingerprint density at radius 3 is 2.90 bits per heavy atom. The molecule has 0 aliphatic heterocycles. The Hall–Kier alpha value is -2.70. The molecular weight excluding hydrogens is 270 g/mol. The summed E-state index contributed by atoms with van der Waals surface area (Å²) in [7, 11) is 0. The average Bonchev–Trinajstić information content (AvgIpc) is 3.06. The van der Waals surface area contributed by atoms with Gasteiger partial charge in [-0.15, -0.1) is 0 Å². The maximum Gasteiger partial charge on any atom is 0.257 e. The number of nitrogens with zero attached hydrogens (tertiary/aromatic N) is 4. The highest BCUT2D eigenvalue weighted by Crippen LogP contribution is 2.23. The quantitative estimate of drug-likeness (QED) is 0.798. The van der Waals surface area contributed by atoms with E-state index in [1.54, 1.807) is 16.8 Å². The van der Waals surface area contributed by atoms with Crippen LogP contribution in [0.1, 0.15) is 28.7 Å². The molecule has 0 atom stereocenters. The Balaban J connectivity index is 2.13. The van der Waals surface area contributed by atoms with Crippen LogP contribution in [0.2, 0.25) is 0 Å². The second-order valence-electron chi connectivity index (χ2n) is 4.75. The van der Waals surface area contributed by atoms with Crippen molar-refractivity contribution in [1.82, 2.24) is 19.9 Å². The maximum atomic E-state index is 12.5. The molecule has 0 radical (unpaired) electrons. The molecule has 3 aromatic rings. The van der Waals surface area contributed by atoms with Crippen molar-refractivity contribution in [3.8, 4) is 0 Å². The number of carbonyl (C=O) groups excluding carboxylic acids is 1. The van der Waals surface area contributed by atoms with Crippen LogP contribution in [0.15, 0.2) is 22.9 Å². The van der Waals surface area contributed by atoms with Gasteiger partial charge >= 0.3 is 0 Å². The number of amides is 1. The monoisotopic (exact) mass is 285 g/mol. The van der Waals surface area contributed by atoms with E-state index in [9.17, 15) is 4.79 Å². The van der Waals surface area contributed by atoms with Crippen LogP contribution in [0, 0.1) is 13.8 Å². The number of fused-ring (bicyclic) bond motifs is 1. The molecule has 7 heteroatoms. The summed E-state index contributed by atoms with van der Waals surface area (Å²) in [6.45, 7) is 6.42. The number of hydrogen-bond acceptors (Lipinski definition) is 5. The van der Waals surface area contributed by atoms with Gasteiger partial charge in [0, 0.05) is 18.3 Å². The Morgan fingerprint density at radius 1 is 1.43 bits per heavy atom. The number of aryl methyl sites for hydroxylation is 3. The molecule has 3 aromatic heterocycles. The molecule has 0 bridgehead atoms. The summed E-state index contributed by atoms with van der Waals surface area (Å²) >= 11 is 0. The summed E-state index contributed by atoms with van der Waals surface area (Å²) in [5.74, 6) is 0.126.